The van der Waals surface area contributed by atoms with Crippen LogP contribution in [0.2, 0.25) is 0 Å². The molecule has 1 aromatic carbocycles. The third-order valence-corrected chi connectivity index (χ3v) is 4.16. The van der Waals surface area contributed by atoms with Gasteiger partial charge in [-0.3, -0.25) is 0 Å². The van der Waals surface area contributed by atoms with Crippen molar-refractivity contribution in [3.63, 3.8) is 0 Å². The van der Waals surface area contributed by atoms with Crippen LogP contribution in [0.5, 0.6) is 0 Å². The van der Waals surface area contributed by atoms with Gasteiger partial charge in [0.2, 0.25) is 0 Å². The summed E-state index contributed by atoms with van der Waals surface area (Å²) in [6, 6.07) is 9.11. The molecule has 0 saturated heterocycles. The predicted molar refractivity (Wildman–Crippen MR) is 69.6 cm³/mol. The lowest BCUT2D eigenvalue weighted by Gasteiger charge is -2.22. The summed E-state index contributed by atoms with van der Waals surface area (Å²) in [6.07, 6.45) is 4.42. The Bertz CT molecular complexity index is 425. The summed E-state index contributed by atoms with van der Waals surface area (Å²) < 4.78 is 0. The maximum absolute atomic E-state index is 9.46. The normalized spacial score (nSPS) is 18.3. The van der Waals surface area contributed by atoms with E-state index in [2.05, 4.69) is 47.1 Å². The SMILES string of the molecule is Cc1cc(CBr)cc(C2(C#N)CCCC2)c1. The molecule has 84 valence electrons. The Balaban J connectivity index is 2.46. The number of nitriles is 1. The number of aryl methyl sites for hydroxylation is 1. The summed E-state index contributed by atoms with van der Waals surface area (Å²) in [5.74, 6) is 0. The van der Waals surface area contributed by atoms with Crippen molar-refractivity contribution in [2.75, 3.05) is 0 Å². The van der Waals surface area contributed by atoms with E-state index in [9.17, 15) is 5.26 Å². The molecular weight excluding hydrogens is 262 g/mol. The van der Waals surface area contributed by atoms with Crippen LogP contribution >= 0.6 is 15.9 Å². The van der Waals surface area contributed by atoms with Gasteiger partial charge in [0.05, 0.1) is 11.5 Å². The summed E-state index contributed by atoms with van der Waals surface area (Å²) in [6.45, 7) is 2.11. The summed E-state index contributed by atoms with van der Waals surface area (Å²) in [4.78, 5) is 0. The summed E-state index contributed by atoms with van der Waals surface area (Å²) >= 11 is 3.49. The molecule has 1 aromatic rings. The Labute approximate surface area is 106 Å². The number of benzene rings is 1. The van der Waals surface area contributed by atoms with E-state index in [1.165, 1.54) is 29.5 Å². The van der Waals surface area contributed by atoms with Crippen molar-refractivity contribution in [2.45, 2.75) is 43.4 Å². The highest BCUT2D eigenvalue weighted by atomic mass is 79.9. The molecule has 1 saturated carbocycles. The number of rotatable bonds is 2. The maximum Gasteiger partial charge on any atom is 0.0822 e. The molecule has 0 heterocycles. The monoisotopic (exact) mass is 277 g/mol. The van der Waals surface area contributed by atoms with Crippen LogP contribution in [0.25, 0.3) is 0 Å². The molecule has 16 heavy (non-hydrogen) atoms. The molecule has 0 aromatic heterocycles. The largest absolute Gasteiger partial charge is 0.197 e. The van der Waals surface area contributed by atoms with Crippen LogP contribution in [-0.2, 0) is 10.7 Å². The van der Waals surface area contributed by atoms with E-state index in [1.807, 2.05) is 0 Å². The average molecular weight is 278 g/mol. The molecule has 1 nitrogen and oxygen atoms in total. The predicted octanol–water partition coefficient (Wildman–Crippen LogP) is 4.23. The Hall–Kier alpha value is -0.810. The zero-order valence-corrected chi connectivity index (χ0v) is 11.2. The van der Waals surface area contributed by atoms with Crippen LogP contribution in [0.1, 0.15) is 42.4 Å². The van der Waals surface area contributed by atoms with Gasteiger partial charge in [0.15, 0.2) is 0 Å². The molecule has 2 heteroatoms. The molecule has 1 aliphatic rings. The van der Waals surface area contributed by atoms with Gasteiger partial charge in [0.25, 0.3) is 0 Å². The second kappa shape index (κ2) is 4.59. The smallest absolute Gasteiger partial charge is 0.0822 e. The molecule has 2 rings (SSSR count). The van der Waals surface area contributed by atoms with E-state index >= 15 is 0 Å². The van der Waals surface area contributed by atoms with E-state index in [-0.39, 0.29) is 5.41 Å². The van der Waals surface area contributed by atoms with Crippen molar-refractivity contribution in [1.29, 1.82) is 5.26 Å². The van der Waals surface area contributed by atoms with Gasteiger partial charge >= 0.3 is 0 Å². The molecular formula is C14H16BrN. The second-order valence-corrected chi connectivity index (χ2v) is 5.30. The van der Waals surface area contributed by atoms with Crippen LogP contribution in [-0.4, -0.2) is 0 Å². The van der Waals surface area contributed by atoms with Gasteiger partial charge in [0.1, 0.15) is 0 Å². The van der Waals surface area contributed by atoms with Crippen molar-refractivity contribution >= 4 is 15.9 Å². The first-order chi connectivity index (χ1) is 7.70. The fraction of sp³-hybridized carbons (Fsp3) is 0.500. The molecule has 0 amide bonds. The van der Waals surface area contributed by atoms with Gasteiger partial charge in [-0.05, 0) is 30.9 Å². The fourth-order valence-electron chi connectivity index (χ4n) is 2.66. The van der Waals surface area contributed by atoms with Gasteiger partial charge in [-0.15, -0.1) is 0 Å². The van der Waals surface area contributed by atoms with Crippen molar-refractivity contribution in [1.82, 2.24) is 0 Å². The summed E-state index contributed by atoms with van der Waals surface area (Å²) in [5, 5.41) is 10.3. The minimum Gasteiger partial charge on any atom is -0.197 e. The van der Waals surface area contributed by atoms with Crippen LogP contribution in [0.15, 0.2) is 18.2 Å². The summed E-state index contributed by atoms with van der Waals surface area (Å²) in [7, 11) is 0. The van der Waals surface area contributed by atoms with Crippen molar-refractivity contribution in [2.24, 2.45) is 0 Å². The molecule has 0 radical (unpaired) electrons. The zero-order chi connectivity index (χ0) is 11.6. The number of alkyl halides is 1. The first-order valence-corrected chi connectivity index (χ1v) is 6.91. The van der Waals surface area contributed by atoms with Crippen LogP contribution in [0.3, 0.4) is 0 Å². The Kier molecular flexibility index (Phi) is 3.35. The highest BCUT2D eigenvalue weighted by Crippen LogP contribution is 2.41. The molecule has 0 atom stereocenters. The van der Waals surface area contributed by atoms with E-state index in [1.54, 1.807) is 0 Å². The van der Waals surface area contributed by atoms with Gasteiger partial charge < -0.3 is 0 Å². The minimum absolute atomic E-state index is 0.205. The van der Waals surface area contributed by atoms with Crippen LogP contribution in [0, 0.1) is 18.3 Å². The second-order valence-electron chi connectivity index (χ2n) is 4.74. The lowest BCUT2D eigenvalue weighted by molar-refractivity contribution is 0.572. The molecule has 0 unspecified atom stereocenters. The number of halogens is 1. The third kappa shape index (κ3) is 2.01. The number of hydrogen-bond acceptors (Lipinski definition) is 1. The Morgan fingerprint density at radius 3 is 2.56 bits per heavy atom. The molecule has 1 aliphatic carbocycles. The number of nitrogens with zero attached hydrogens (tertiary/aromatic N) is 1. The van der Waals surface area contributed by atoms with E-state index in [0.717, 1.165) is 18.2 Å². The first kappa shape index (κ1) is 11.7. The van der Waals surface area contributed by atoms with Crippen molar-refractivity contribution < 1.29 is 0 Å². The minimum atomic E-state index is -0.205. The van der Waals surface area contributed by atoms with Gasteiger partial charge in [0, 0.05) is 5.33 Å². The standard InChI is InChI=1S/C14H16BrN/c1-11-6-12(9-15)8-13(7-11)14(10-16)4-2-3-5-14/h6-8H,2-5,9H2,1H3. The van der Waals surface area contributed by atoms with Crippen LogP contribution < -0.4 is 0 Å². The molecule has 0 bridgehead atoms. The molecule has 0 N–H and O–H groups in total. The average Bonchev–Trinajstić information content (AvgIpc) is 2.78. The molecule has 0 spiro atoms. The third-order valence-electron chi connectivity index (χ3n) is 3.52. The van der Waals surface area contributed by atoms with E-state index < -0.39 is 0 Å². The van der Waals surface area contributed by atoms with E-state index in [4.69, 9.17) is 0 Å². The van der Waals surface area contributed by atoms with Crippen LogP contribution in [0.4, 0.5) is 0 Å². The first-order valence-electron chi connectivity index (χ1n) is 5.78. The number of hydrogen-bond donors (Lipinski definition) is 0. The Morgan fingerprint density at radius 1 is 1.31 bits per heavy atom. The molecule has 0 aliphatic heterocycles. The highest BCUT2D eigenvalue weighted by molar-refractivity contribution is 9.08. The quantitative estimate of drug-likeness (QED) is 0.743. The van der Waals surface area contributed by atoms with Crippen molar-refractivity contribution in [3.8, 4) is 6.07 Å². The lowest BCUT2D eigenvalue weighted by Crippen LogP contribution is -2.19. The van der Waals surface area contributed by atoms with Gasteiger partial charge in [-0.25, -0.2) is 0 Å². The fourth-order valence-corrected chi connectivity index (χ4v) is 2.98. The summed E-state index contributed by atoms with van der Waals surface area (Å²) in [5.41, 5.74) is 3.55. The van der Waals surface area contributed by atoms with E-state index in [0.29, 0.717) is 0 Å². The zero-order valence-electron chi connectivity index (χ0n) is 9.59. The van der Waals surface area contributed by atoms with Gasteiger partial charge in [-0.1, -0.05) is 52.5 Å². The highest BCUT2D eigenvalue weighted by Gasteiger charge is 2.35. The van der Waals surface area contributed by atoms with Crippen molar-refractivity contribution in [3.05, 3.63) is 34.9 Å². The topological polar surface area (TPSA) is 23.8 Å². The Morgan fingerprint density at radius 2 is 2.00 bits per heavy atom. The van der Waals surface area contributed by atoms with Gasteiger partial charge in [-0.2, -0.15) is 5.26 Å². The maximum atomic E-state index is 9.46. The lowest BCUT2D eigenvalue weighted by atomic mass is 9.79. The molecule has 1 fully saturated rings.